The molecule has 1 amide bonds. The van der Waals surface area contributed by atoms with Crippen LogP contribution >= 0.6 is 11.6 Å². The van der Waals surface area contributed by atoms with Crippen LogP contribution in [0, 0.1) is 0 Å². The Kier molecular flexibility index (Phi) is 4.13. The molecule has 0 radical (unpaired) electrons. The van der Waals surface area contributed by atoms with Crippen LogP contribution in [0.15, 0.2) is 49.1 Å². The molecule has 0 fully saturated rings. The van der Waals surface area contributed by atoms with E-state index in [1.807, 2.05) is 30.4 Å². The molecule has 1 unspecified atom stereocenters. The zero-order chi connectivity index (χ0) is 20.1. The smallest absolute Gasteiger partial charge is 0.274 e. The molecule has 1 aromatic carbocycles. The van der Waals surface area contributed by atoms with Gasteiger partial charge in [-0.1, -0.05) is 29.8 Å². The van der Waals surface area contributed by atoms with Gasteiger partial charge in [0.05, 0.1) is 23.5 Å². The van der Waals surface area contributed by atoms with Gasteiger partial charge < -0.3 is 4.90 Å². The molecular weight excluding hydrogens is 388 g/mol. The van der Waals surface area contributed by atoms with Crippen molar-refractivity contribution in [3.05, 3.63) is 70.9 Å². The number of halogens is 1. The summed E-state index contributed by atoms with van der Waals surface area (Å²) in [5, 5.41) is 9.15. The van der Waals surface area contributed by atoms with Crippen molar-refractivity contribution in [1.82, 2.24) is 29.3 Å². The van der Waals surface area contributed by atoms with Gasteiger partial charge in [-0.05, 0) is 30.0 Å². The number of nitrogens with zero attached hydrogens (tertiary/aromatic N) is 6. The fourth-order valence-corrected chi connectivity index (χ4v) is 4.22. The minimum atomic E-state index is -0.100. The van der Waals surface area contributed by atoms with E-state index in [1.165, 1.54) is 11.1 Å². The number of aromatic nitrogens is 5. The standard InChI is InChI=1S/C21H19ClN6O/c1-13-16-4-3-5-17(14-9-24-26(2)11-14)18(16)6-7-27(13)21(29)19-8-20-23-10-15(22)12-28(20)25-19/h3-5,8-13H,6-7H2,1-2H3. The molecule has 0 spiro atoms. The third kappa shape index (κ3) is 2.98. The zero-order valence-corrected chi connectivity index (χ0v) is 16.8. The lowest BCUT2D eigenvalue weighted by Crippen LogP contribution is -2.39. The molecule has 3 aromatic heterocycles. The highest BCUT2D eigenvalue weighted by molar-refractivity contribution is 6.30. The molecule has 4 aromatic rings. The van der Waals surface area contributed by atoms with Crippen LogP contribution in [0.2, 0.25) is 5.02 Å². The number of carbonyl (C=O) groups excluding carboxylic acids is 1. The number of hydrogen-bond donors (Lipinski definition) is 0. The number of aryl methyl sites for hydroxylation is 1. The Morgan fingerprint density at radius 1 is 1.24 bits per heavy atom. The first-order valence-electron chi connectivity index (χ1n) is 9.44. The van der Waals surface area contributed by atoms with Crippen LogP contribution < -0.4 is 0 Å². The van der Waals surface area contributed by atoms with Crippen LogP contribution in [0.5, 0.6) is 0 Å². The van der Waals surface area contributed by atoms with Crippen molar-refractivity contribution in [2.75, 3.05) is 6.54 Å². The quantitative estimate of drug-likeness (QED) is 0.510. The number of rotatable bonds is 2. The summed E-state index contributed by atoms with van der Waals surface area (Å²) in [6.07, 6.45) is 7.88. The fraction of sp³-hybridized carbons (Fsp3) is 0.238. The van der Waals surface area contributed by atoms with Crippen LogP contribution in [0.3, 0.4) is 0 Å². The van der Waals surface area contributed by atoms with E-state index in [2.05, 4.69) is 34.2 Å². The summed E-state index contributed by atoms with van der Waals surface area (Å²) in [5.74, 6) is -0.100. The molecule has 146 valence electrons. The summed E-state index contributed by atoms with van der Waals surface area (Å²) in [4.78, 5) is 19.3. The van der Waals surface area contributed by atoms with Gasteiger partial charge in [-0.3, -0.25) is 9.48 Å². The van der Waals surface area contributed by atoms with Crippen LogP contribution in [0.25, 0.3) is 16.8 Å². The topological polar surface area (TPSA) is 68.3 Å². The highest BCUT2D eigenvalue weighted by Gasteiger charge is 2.31. The summed E-state index contributed by atoms with van der Waals surface area (Å²) in [7, 11) is 1.92. The van der Waals surface area contributed by atoms with Crippen LogP contribution in [-0.2, 0) is 13.5 Å². The molecule has 1 aliphatic rings. The summed E-state index contributed by atoms with van der Waals surface area (Å²) in [6, 6.07) is 7.92. The van der Waals surface area contributed by atoms with E-state index >= 15 is 0 Å². The molecule has 4 heterocycles. The molecule has 1 atom stereocenters. The molecule has 7 nitrogen and oxygen atoms in total. The second-order valence-electron chi connectivity index (χ2n) is 7.31. The van der Waals surface area contributed by atoms with Crippen molar-refractivity contribution in [1.29, 1.82) is 0 Å². The van der Waals surface area contributed by atoms with Crippen molar-refractivity contribution in [3.8, 4) is 11.1 Å². The molecule has 1 aliphatic heterocycles. The second kappa shape index (κ2) is 6.70. The molecular formula is C21H19ClN6O. The number of carbonyl (C=O) groups is 1. The molecule has 0 saturated carbocycles. The lowest BCUT2D eigenvalue weighted by molar-refractivity contribution is 0.0671. The van der Waals surface area contributed by atoms with Gasteiger partial charge in [0.2, 0.25) is 0 Å². The third-order valence-corrected chi connectivity index (χ3v) is 5.71. The average Bonchev–Trinajstić information content (AvgIpc) is 3.33. The first kappa shape index (κ1) is 17.9. The molecule has 5 rings (SSSR count). The minimum absolute atomic E-state index is 0.0516. The lowest BCUT2D eigenvalue weighted by atomic mass is 9.88. The van der Waals surface area contributed by atoms with Gasteiger partial charge in [-0.25, -0.2) is 9.50 Å². The predicted octanol–water partition coefficient (Wildman–Crippen LogP) is 3.54. The summed E-state index contributed by atoms with van der Waals surface area (Å²) < 4.78 is 3.35. The number of fused-ring (bicyclic) bond motifs is 2. The third-order valence-electron chi connectivity index (χ3n) is 5.51. The Labute approximate surface area is 172 Å². The SMILES string of the molecule is CC1c2cccc(-c3cnn(C)c3)c2CCN1C(=O)c1cc2ncc(Cl)cn2n1. The van der Waals surface area contributed by atoms with Crippen molar-refractivity contribution >= 4 is 23.2 Å². The normalized spacial score (nSPS) is 16.2. The maximum atomic E-state index is 13.2. The van der Waals surface area contributed by atoms with E-state index in [9.17, 15) is 4.79 Å². The zero-order valence-electron chi connectivity index (χ0n) is 16.1. The molecule has 8 heteroatoms. The van der Waals surface area contributed by atoms with E-state index in [-0.39, 0.29) is 11.9 Å². The van der Waals surface area contributed by atoms with Gasteiger partial charge in [0.15, 0.2) is 11.3 Å². The molecule has 0 aliphatic carbocycles. The average molecular weight is 407 g/mol. The van der Waals surface area contributed by atoms with Crippen molar-refractivity contribution in [2.24, 2.45) is 7.05 Å². The van der Waals surface area contributed by atoms with Crippen molar-refractivity contribution in [3.63, 3.8) is 0 Å². The Bertz CT molecular complexity index is 1240. The van der Waals surface area contributed by atoms with Crippen molar-refractivity contribution < 1.29 is 4.79 Å². The number of amides is 1. The van der Waals surface area contributed by atoms with Crippen LogP contribution in [0.1, 0.15) is 34.6 Å². The fourth-order valence-electron chi connectivity index (χ4n) is 4.08. The summed E-state index contributed by atoms with van der Waals surface area (Å²) >= 11 is 5.98. The molecule has 0 saturated heterocycles. The maximum absolute atomic E-state index is 13.2. The second-order valence-corrected chi connectivity index (χ2v) is 7.74. The Morgan fingerprint density at radius 2 is 2.10 bits per heavy atom. The minimum Gasteiger partial charge on any atom is -0.330 e. The highest BCUT2D eigenvalue weighted by atomic mass is 35.5. The highest BCUT2D eigenvalue weighted by Crippen LogP contribution is 2.36. The molecule has 0 bridgehead atoms. The Hall–Kier alpha value is -3.19. The first-order chi connectivity index (χ1) is 14.0. The van der Waals surface area contributed by atoms with E-state index in [1.54, 1.807) is 27.7 Å². The summed E-state index contributed by atoms with van der Waals surface area (Å²) in [5.41, 5.74) is 5.69. The summed E-state index contributed by atoms with van der Waals surface area (Å²) in [6.45, 7) is 2.69. The van der Waals surface area contributed by atoms with Gasteiger partial charge in [0.1, 0.15) is 0 Å². The van der Waals surface area contributed by atoms with Gasteiger partial charge in [0, 0.05) is 37.6 Å². The van der Waals surface area contributed by atoms with Crippen LogP contribution in [0.4, 0.5) is 0 Å². The van der Waals surface area contributed by atoms with E-state index in [4.69, 9.17) is 11.6 Å². The largest absolute Gasteiger partial charge is 0.330 e. The lowest BCUT2D eigenvalue weighted by Gasteiger charge is -2.35. The Morgan fingerprint density at radius 3 is 2.90 bits per heavy atom. The van der Waals surface area contributed by atoms with Gasteiger partial charge in [-0.15, -0.1) is 0 Å². The monoisotopic (exact) mass is 406 g/mol. The van der Waals surface area contributed by atoms with Gasteiger partial charge in [-0.2, -0.15) is 10.2 Å². The number of hydrogen-bond acceptors (Lipinski definition) is 4. The van der Waals surface area contributed by atoms with Gasteiger partial charge >= 0.3 is 0 Å². The van der Waals surface area contributed by atoms with Gasteiger partial charge in [0.25, 0.3) is 5.91 Å². The maximum Gasteiger partial charge on any atom is 0.274 e. The van der Waals surface area contributed by atoms with Crippen molar-refractivity contribution in [2.45, 2.75) is 19.4 Å². The van der Waals surface area contributed by atoms with Crippen LogP contribution in [-0.4, -0.2) is 41.7 Å². The Balaban J connectivity index is 1.49. The first-order valence-corrected chi connectivity index (χ1v) is 9.82. The van der Waals surface area contributed by atoms with E-state index in [0.29, 0.717) is 22.9 Å². The predicted molar refractivity (Wildman–Crippen MR) is 110 cm³/mol. The molecule has 0 N–H and O–H groups in total. The van der Waals surface area contributed by atoms with E-state index in [0.717, 1.165) is 17.5 Å². The number of benzene rings is 1. The van der Waals surface area contributed by atoms with E-state index < -0.39 is 0 Å². The molecule has 29 heavy (non-hydrogen) atoms.